The number of hydrogen-bond acceptors (Lipinski definition) is 6. The quantitative estimate of drug-likeness (QED) is 0.416. The van der Waals surface area contributed by atoms with Crippen molar-refractivity contribution in [1.82, 2.24) is 0 Å². The van der Waals surface area contributed by atoms with E-state index >= 15 is 0 Å². The second-order valence-corrected chi connectivity index (χ2v) is 8.66. The zero-order valence-corrected chi connectivity index (χ0v) is 18.8. The molecular formula is C28H22N4O3. The van der Waals surface area contributed by atoms with Crippen LogP contribution in [-0.2, 0) is 4.79 Å². The number of nitro benzene ring substituents is 1. The van der Waals surface area contributed by atoms with Crippen molar-refractivity contribution in [2.75, 3.05) is 4.90 Å². The van der Waals surface area contributed by atoms with Gasteiger partial charge in [-0.15, -0.1) is 0 Å². The van der Waals surface area contributed by atoms with Crippen LogP contribution in [0.1, 0.15) is 35.8 Å². The minimum atomic E-state index is -0.560. The van der Waals surface area contributed by atoms with Crippen molar-refractivity contribution in [2.24, 2.45) is 5.73 Å². The largest absolute Gasteiger partial charge is 0.384 e. The fourth-order valence-corrected chi connectivity index (χ4v) is 5.09. The van der Waals surface area contributed by atoms with Gasteiger partial charge in [0.05, 0.1) is 22.5 Å². The van der Waals surface area contributed by atoms with E-state index in [1.807, 2.05) is 60.7 Å². The second-order valence-electron chi connectivity index (χ2n) is 8.66. The molecule has 0 amide bonds. The molecule has 1 aliphatic carbocycles. The number of hydrogen-bond donors (Lipinski definition) is 1. The molecule has 2 aliphatic rings. The summed E-state index contributed by atoms with van der Waals surface area (Å²) in [7, 11) is 0. The van der Waals surface area contributed by atoms with Crippen LogP contribution in [0, 0.1) is 21.4 Å². The number of non-ortho nitro benzene ring substituents is 1. The molecule has 35 heavy (non-hydrogen) atoms. The Kier molecular flexibility index (Phi) is 5.63. The standard InChI is InChI=1S/C28H22N4O3/c29-17-23-26(19-9-5-2-6-10-19)27-24(15-20(16-25(27)33)18-7-3-1-4-8-18)31(28(23)30)21-11-13-22(14-12-21)32(34)35/h1-14,20,26H,15-16,30H2/t20-,26-/m1/s1. The Morgan fingerprint density at radius 3 is 2.09 bits per heavy atom. The van der Waals surface area contributed by atoms with E-state index in [0.717, 1.165) is 16.8 Å². The van der Waals surface area contributed by atoms with Crippen molar-refractivity contribution in [3.63, 3.8) is 0 Å². The molecule has 2 atom stereocenters. The molecule has 3 aromatic rings. The SMILES string of the molecule is N#CC1=C(N)N(c2ccc([N+](=O)[O-])cc2)C2=C(C(=O)C[C@H](c3ccccc3)C2)[C@@H]1c1ccccc1. The first-order valence-electron chi connectivity index (χ1n) is 11.3. The lowest BCUT2D eigenvalue weighted by Gasteiger charge is -2.41. The van der Waals surface area contributed by atoms with E-state index in [9.17, 15) is 20.2 Å². The minimum absolute atomic E-state index is 0.0267. The molecule has 0 bridgehead atoms. The Morgan fingerprint density at radius 2 is 1.51 bits per heavy atom. The van der Waals surface area contributed by atoms with Crippen LogP contribution in [0.3, 0.4) is 0 Å². The van der Waals surface area contributed by atoms with Gasteiger partial charge in [-0.3, -0.25) is 19.8 Å². The lowest BCUT2D eigenvalue weighted by Crippen LogP contribution is -2.40. The van der Waals surface area contributed by atoms with E-state index in [1.165, 1.54) is 12.1 Å². The van der Waals surface area contributed by atoms with Crippen molar-refractivity contribution in [3.05, 3.63) is 129 Å². The van der Waals surface area contributed by atoms with Gasteiger partial charge in [0, 0.05) is 35.5 Å². The molecule has 0 aromatic heterocycles. The number of carbonyl (C=O) groups is 1. The van der Waals surface area contributed by atoms with E-state index in [1.54, 1.807) is 17.0 Å². The van der Waals surface area contributed by atoms with Gasteiger partial charge in [0.25, 0.3) is 5.69 Å². The number of anilines is 1. The average molecular weight is 463 g/mol. The number of nitrogens with two attached hydrogens (primary N) is 1. The van der Waals surface area contributed by atoms with Crippen LogP contribution in [0.5, 0.6) is 0 Å². The first kappa shape index (κ1) is 22.1. The number of benzene rings is 3. The lowest BCUT2D eigenvalue weighted by atomic mass is 9.72. The lowest BCUT2D eigenvalue weighted by molar-refractivity contribution is -0.384. The molecule has 0 spiro atoms. The molecule has 0 saturated heterocycles. The monoisotopic (exact) mass is 462 g/mol. The van der Waals surface area contributed by atoms with Crippen LogP contribution in [0.15, 0.2) is 108 Å². The summed E-state index contributed by atoms with van der Waals surface area (Å²) in [6, 6.07) is 27.6. The minimum Gasteiger partial charge on any atom is -0.384 e. The first-order chi connectivity index (χ1) is 17.0. The smallest absolute Gasteiger partial charge is 0.269 e. The maximum Gasteiger partial charge on any atom is 0.269 e. The van der Waals surface area contributed by atoms with Gasteiger partial charge in [0.1, 0.15) is 5.82 Å². The third-order valence-electron chi connectivity index (χ3n) is 6.69. The van der Waals surface area contributed by atoms with Gasteiger partial charge in [-0.05, 0) is 35.6 Å². The van der Waals surface area contributed by atoms with Crippen molar-refractivity contribution in [3.8, 4) is 6.07 Å². The molecule has 0 radical (unpaired) electrons. The van der Waals surface area contributed by atoms with E-state index < -0.39 is 10.8 Å². The number of allylic oxidation sites excluding steroid dienone is 3. The Labute approximate surface area is 202 Å². The molecule has 7 nitrogen and oxygen atoms in total. The third kappa shape index (κ3) is 3.85. The summed E-state index contributed by atoms with van der Waals surface area (Å²) in [4.78, 5) is 26.2. The predicted octanol–water partition coefficient (Wildman–Crippen LogP) is 5.29. The van der Waals surface area contributed by atoms with Crippen molar-refractivity contribution in [2.45, 2.75) is 24.7 Å². The van der Waals surface area contributed by atoms with Crippen molar-refractivity contribution >= 4 is 17.2 Å². The summed E-state index contributed by atoms with van der Waals surface area (Å²) in [5.41, 5.74) is 10.6. The second kappa shape index (κ2) is 8.92. The van der Waals surface area contributed by atoms with Crippen LogP contribution in [0.2, 0.25) is 0 Å². The summed E-state index contributed by atoms with van der Waals surface area (Å²) < 4.78 is 0. The number of nitro groups is 1. The molecule has 7 heteroatoms. The molecule has 1 heterocycles. The number of nitrogens with zero attached hydrogens (tertiary/aromatic N) is 3. The highest BCUT2D eigenvalue weighted by Crippen LogP contribution is 2.49. The van der Waals surface area contributed by atoms with Gasteiger partial charge in [-0.2, -0.15) is 5.26 Å². The zero-order chi connectivity index (χ0) is 24.5. The fraction of sp³-hybridized carbons (Fsp3) is 0.143. The Morgan fingerprint density at radius 1 is 0.914 bits per heavy atom. The van der Waals surface area contributed by atoms with Gasteiger partial charge < -0.3 is 5.73 Å². The van der Waals surface area contributed by atoms with Crippen molar-refractivity contribution in [1.29, 1.82) is 5.26 Å². The van der Waals surface area contributed by atoms with E-state index in [-0.39, 0.29) is 23.2 Å². The Bertz CT molecular complexity index is 1400. The summed E-state index contributed by atoms with van der Waals surface area (Å²) >= 11 is 0. The maximum atomic E-state index is 13.7. The number of nitriles is 1. The van der Waals surface area contributed by atoms with Crippen LogP contribution in [0.4, 0.5) is 11.4 Å². The van der Waals surface area contributed by atoms with Crippen LogP contribution in [0.25, 0.3) is 0 Å². The number of rotatable bonds is 4. The summed E-state index contributed by atoms with van der Waals surface area (Å²) in [5, 5.41) is 21.3. The van der Waals surface area contributed by atoms with Gasteiger partial charge in [-0.25, -0.2) is 0 Å². The van der Waals surface area contributed by atoms with Gasteiger partial charge in [-0.1, -0.05) is 60.7 Å². The molecular weight excluding hydrogens is 440 g/mol. The highest BCUT2D eigenvalue weighted by Gasteiger charge is 2.42. The molecule has 0 unspecified atom stereocenters. The van der Waals surface area contributed by atoms with Gasteiger partial charge in [0.2, 0.25) is 0 Å². The van der Waals surface area contributed by atoms with Crippen LogP contribution < -0.4 is 10.6 Å². The van der Waals surface area contributed by atoms with E-state index in [2.05, 4.69) is 6.07 Å². The summed E-state index contributed by atoms with van der Waals surface area (Å²) in [5.74, 6) is -0.401. The first-order valence-corrected chi connectivity index (χ1v) is 11.3. The summed E-state index contributed by atoms with van der Waals surface area (Å²) in [6.07, 6.45) is 0.879. The Hall–Kier alpha value is -4.70. The molecule has 0 saturated carbocycles. The van der Waals surface area contributed by atoms with Gasteiger partial charge in [0.15, 0.2) is 5.78 Å². The molecule has 5 rings (SSSR count). The van der Waals surface area contributed by atoms with E-state index in [4.69, 9.17) is 5.73 Å². The normalized spacial score (nSPS) is 19.9. The van der Waals surface area contributed by atoms with Crippen molar-refractivity contribution < 1.29 is 9.72 Å². The highest BCUT2D eigenvalue weighted by atomic mass is 16.6. The molecule has 0 fully saturated rings. The number of ketones is 1. The third-order valence-corrected chi connectivity index (χ3v) is 6.69. The van der Waals surface area contributed by atoms with Crippen LogP contribution >= 0.6 is 0 Å². The zero-order valence-electron chi connectivity index (χ0n) is 18.8. The molecule has 3 aromatic carbocycles. The predicted molar refractivity (Wildman–Crippen MR) is 132 cm³/mol. The maximum absolute atomic E-state index is 13.7. The van der Waals surface area contributed by atoms with E-state index in [0.29, 0.717) is 29.7 Å². The number of carbonyl (C=O) groups excluding carboxylic acids is 1. The molecule has 172 valence electrons. The molecule has 1 aliphatic heterocycles. The van der Waals surface area contributed by atoms with Gasteiger partial charge >= 0.3 is 0 Å². The highest BCUT2D eigenvalue weighted by molar-refractivity contribution is 6.01. The average Bonchev–Trinajstić information content (AvgIpc) is 2.89. The fourth-order valence-electron chi connectivity index (χ4n) is 5.09. The number of Topliss-reactive ketones (excluding diaryl/α,β-unsaturated/α-hetero) is 1. The Balaban J connectivity index is 1.71. The topological polar surface area (TPSA) is 113 Å². The summed E-state index contributed by atoms with van der Waals surface area (Å²) in [6.45, 7) is 0. The van der Waals surface area contributed by atoms with Crippen LogP contribution in [-0.4, -0.2) is 10.7 Å². The molecule has 2 N–H and O–H groups in total.